The molecule has 0 saturated carbocycles. The summed E-state index contributed by atoms with van der Waals surface area (Å²) in [7, 11) is 0. The number of aliphatic carboxylic acids is 2. The fraction of sp³-hybridized carbons (Fsp3) is 0.667. The van der Waals surface area contributed by atoms with Gasteiger partial charge < -0.3 is 24.7 Å². The van der Waals surface area contributed by atoms with Gasteiger partial charge in [0.15, 0.2) is 0 Å². The van der Waals surface area contributed by atoms with Crippen molar-refractivity contribution in [1.82, 2.24) is 14.7 Å². The van der Waals surface area contributed by atoms with E-state index in [1.807, 2.05) is 11.8 Å². The number of carboxylic acid groups (broad SMARTS) is 2. The Labute approximate surface area is 164 Å². The zero-order valence-electron chi connectivity index (χ0n) is 16.2. The molecule has 158 valence electrons. The van der Waals surface area contributed by atoms with Crippen molar-refractivity contribution in [3.8, 4) is 0 Å². The lowest BCUT2D eigenvalue weighted by molar-refractivity contribution is -0.139. The molecule has 10 nitrogen and oxygen atoms in total. The van der Waals surface area contributed by atoms with Gasteiger partial charge in [-0.3, -0.25) is 14.5 Å². The molecule has 10 heteroatoms. The summed E-state index contributed by atoms with van der Waals surface area (Å²) in [6, 6.07) is 0. The number of rotatable bonds is 8. The Morgan fingerprint density at radius 2 is 1.64 bits per heavy atom. The summed E-state index contributed by atoms with van der Waals surface area (Å²) >= 11 is 0. The first-order chi connectivity index (χ1) is 13.3. The van der Waals surface area contributed by atoms with Gasteiger partial charge in [-0.1, -0.05) is 0 Å². The molecule has 2 amide bonds. The van der Waals surface area contributed by atoms with Crippen molar-refractivity contribution in [3.63, 3.8) is 0 Å². The Morgan fingerprint density at radius 1 is 1.04 bits per heavy atom. The lowest BCUT2D eigenvalue weighted by atomic mass is 10.3. The van der Waals surface area contributed by atoms with Crippen LogP contribution in [0.25, 0.3) is 0 Å². The van der Waals surface area contributed by atoms with Crippen LogP contribution in [0.15, 0.2) is 12.2 Å². The van der Waals surface area contributed by atoms with Gasteiger partial charge in [0, 0.05) is 64.4 Å². The number of amides is 2. The molecule has 0 aromatic carbocycles. The van der Waals surface area contributed by atoms with Crippen LogP contribution in [0.5, 0.6) is 0 Å². The Hall–Kier alpha value is -2.46. The number of likely N-dealkylation sites (tertiary alicyclic amines) is 1. The van der Waals surface area contributed by atoms with Gasteiger partial charge >= 0.3 is 11.9 Å². The molecule has 0 aromatic heterocycles. The van der Waals surface area contributed by atoms with E-state index in [2.05, 4.69) is 4.90 Å². The molecule has 28 heavy (non-hydrogen) atoms. The van der Waals surface area contributed by atoms with Crippen molar-refractivity contribution in [2.24, 2.45) is 0 Å². The molecule has 2 fully saturated rings. The first-order valence-electron chi connectivity index (χ1n) is 9.33. The van der Waals surface area contributed by atoms with Crippen molar-refractivity contribution in [3.05, 3.63) is 12.2 Å². The normalized spacial score (nSPS) is 17.5. The van der Waals surface area contributed by atoms with Gasteiger partial charge in [-0.25, -0.2) is 9.59 Å². The van der Waals surface area contributed by atoms with Crippen LogP contribution in [-0.4, -0.2) is 108 Å². The van der Waals surface area contributed by atoms with Crippen LogP contribution in [0, 0.1) is 0 Å². The predicted octanol–water partition coefficient (Wildman–Crippen LogP) is -0.499. The van der Waals surface area contributed by atoms with E-state index in [1.165, 1.54) is 0 Å². The third-order valence-corrected chi connectivity index (χ3v) is 4.35. The fourth-order valence-electron chi connectivity index (χ4n) is 2.84. The molecular formula is C18H29N3O7. The van der Waals surface area contributed by atoms with E-state index in [-0.39, 0.29) is 18.4 Å². The Kier molecular flexibility index (Phi) is 10.8. The minimum absolute atomic E-state index is 0.0877. The van der Waals surface area contributed by atoms with Crippen LogP contribution in [0.1, 0.15) is 19.8 Å². The van der Waals surface area contributed by atoms with Crippen molar-refractivity contribution >= 4 is 23.8 Å². The minimum Gasteiger partial charge on any atom is -0.478 e. The largest absolute Gasteiger partial charge is 0.478 e. The van der Waals surface area contributed by atoms with Crippen LogP contribution in [0.4, 0.5) is 0 Å². The third-order valence-electron chi connectivity index (χ3n) is 4.35. The highest BCUT2D eigenvalue weighted by Gasteiger charge is 2.26. The first-order valence-corrected chi connectivity index (χ1v) is 9.33. The molecule has 2 aliphatic rings. The topological polar surface area (TPSA) is 128 Å². The number of carbonyl (C=O) groups is 4. The van der Waals surface area contributed by atoms with Gasteiger partial charge in [-0.2, -0.15) is 0 Å². The molecule has 2 saturated heterocycles. The number of carboxylic acids is 2. The van der Waals surface area contributed by atoms with E-state index in [4.69, 9.17) is 14.9 Å². The minimum atomic E-state index is -1.26. The fourth-order valence-corrected chi connectivity index (χ4v) is 2.84. The summed E-state index contributed by atoms with van der Waals surface area (Å²) in [6.45, 7) is 8.74. The SMILES string of the molecule is CCOCCN1CCN(C(=O)CN2CCCC2=O)CC1.O=C(O)/C=C\C(=O)O. The second-order valence-corrected chi connectivity index (χ2v) is 6.35. The van der Waals surface area contributed by atoms with Gasteiger partial charge in [0.25, 0.3) is 0 Å². The van der Waals surface area contributed by atoms with Crippen LogP contribution in [0.3, 0.4) is 0 Å². The van der Waals surface area contributed by atoms with Gasteiger partial charge in [0.1, 0.15) is 0 Å². The second-order valence-electron chi connectivity index (χ2n) is 6.35. The lowest BCUT2D eigenvalue weighted by Crippen LogP contribution is -2.51. The highest BCUT2D eigenvalue weighted by molar-refractivity contribution is 5.89. The van der Waals surface area contributed by atoms with E-state index in [1.54, 1.807) is 4.90 Å². The molecule has 0 aliphatic carbocycles. The summed E-state index contributed by atoms with van der Waals surface area (Å²) < 4.78 is 5.34. The number of piperazine rings is 1. The van der Waals surface area contributed by atoms with Gasteiger partial charge in [0.05, 0.1) is 13.2 Å². The zero-order valence-corrected chi connectivity index (χ0v) is 16.2. The van der Waals surface area contributed by atoms with Gasteiger partial charge in [-0.05, 0) is 13.3 Å². The summed E-state index contributed by atoms with van der Waals surface area (Å²) in [5.41, 5.74) is 0. The van der Waals surface area contributed by atoms with E-state index >= 15 is 0 Å². The van der Waals surface area contributed by atoms with E-state index in [0.29, 0.717) is 18.6 Å². The van der Waals surface area contributed by atoms with E-state index in [0.717, 1.165) is 58.9 Å². The molecule has 0 aromatic rings. The van der Waals surface area contributed by atoms with E-state index < -0.39 is 11.9 Å². The smallest absolute Gasteiger partial charge is 0.328 e. The number of ether oxygens (including phenoxy) is 1. The number of hydrogen-bond acceptors (Lipinski definition) is 6. The Bertz CT molecular complexity index is 556. The summed E-state index contributed by atoms with van der Waals surface area (Å²) in [5, 5.41) is 15.6. The summed E-state index contributed by atoms with van der Waals surface area (Å²) in [6.07, 6.45) is 2.60. The molecular weight excluding hydrogens is 370 g/mol. The summed E-state index contributed by atoms with van der Waals surface area (Å²) in [4.78, 5) is 48.7. The quantitative estimate of drug-likeness (QED) is 0.413. The molecule has 0 atom stereocenters. The average molecular weight is 399 g/mol. The lowest BCUT2D eigenvalue weighted by Gasteiger charge is -2.35. The maximum atomic E-state index is 12.2. The third kappa shape index (κ3) is 9.47. The molecule has 0 unspecified atom stereocenters. The molecule has 0 spiro atoms. The van der Waals surface area contributed by atoms with Crippen molar-refractivity contribution in [2.45, 2.75) is 19.8 Å². The first kappa shape index (κ1) is 23.6. The van der Waals surface area contributed by atoms with Gasteiger partial charge in [0.2, 0.25) is 11.8 Å². The van der Waals surface area contributed by atoms with Crippen molar-refractivity contribution < 1.29 is 34.1 Å². The summed E-state index contributed by atoms with van der Waals surface area (Å²) in [5.74, 6) is -2.31. The molecule has 2 heterocycles. The highest BCUT2D eigenvalue weighted by Crippen LogP contribution is 2.10. The van der Waals surface area contributed by atoms with Crippen LogP contribution >= 0.6 is 0 Å². The number of nitrogens with zero attached hydrogens (tertiary/aromatic N) is 3. The molecule has 0 radical (unpaired) electrons. The predicted molar refractivity (Wildman–Crippen MR) is 99.7 cm³/mol. The van der Waals surface area contributed by atoms with Crippen molar-refractivity contribution in [1.29, 1.82) is 0 Å². The Balaban J connectivity index is 0.000000416. The number of hydrogen-bond donors (Lipinski definition) is 2. The van der Waals surface area contributed by atoms with E-state index in [9.17, 15) is 19.2 Å². The van der Waals surface area contributed by atoms with Crippen LogP contribution < -0.4 is 0 Å². The second kappa shape index (κ2) is 12.8. The molecule has 0 bridgehead atoms. The highest BCUT2D eigenvalue weighted by atomic mass is 16.5. The standard InChI is InChI=1S/C14H25N3O3.C4H4O4/c1-2-20-11-10-15-6-8-16(9-7-15)14(19)12-17-5-3-4-13(17)18;5-3(6)1-2-4(7)8/h2-12H2,1H3;1-2H,(H,5,6)(H,7,8)/b;2-1-. The molecule has 2 rings (SSSR count). The molecule has 2 aliphatic heterocycles. The van der Waals surface area contributed by atoms with Crippen molar-refractivity contribution in [2.75, 3.05) is 59.0 Å². The number of carbonyl (C=O) groups excluding carboxylic acids is 2. The monoisotopic (exact) mass is 399 g/mol. The maximum absolute atomic E-state index is 12.2. The average Bonchev–Trinajstić information content (AvgIpc) is 3.06. The van der Waals surface area contributed by atoms with Gasteiger partial charge in [-0.15, -0.1) is 0 Å². The van der Waals surface area contributed by atoms with Crippen LogP contribution in [-0.2, 0) is 23.9 Å². The zero-order chi connectivity index (χ0) is 20.9. The maximum Gasteiger partial charge on any atom is 0.328 e. The Morgan fingerprint density at radius 3 is 2.11 bits per heavy atom. The molecule has 2 N–H and O–H groups in total. The van der Waals surface area contributed by atoms with Crippen LogP contribution in [0.2, 0.25) is 0 Å².